The second-order valence-corrected chi connectivity index (χ2v) is 8.73. The summed E-state index contributed by atoms with van der Waals surface area (Å²) in [5, 5.41) is 7.85. The van der Waals surface area contributed by atoms with Gasteiger partial charge in [0.05, 0.1) is 12.3 Å². The lowest BCUT2D eigenvalue weighted by atomic mass is 9.98. The molecule has 0 radical (unpaired) electrons. The van der Waals surface area contributed by atoms with Gasteiger partial charge in [0.25, 0.3) is 0 Å². The zero-order valence-electron chi connectivity index (χ0n) is 21.0. The van der Waals surface area contributed by atoms with Crippen LogP contribution in [0, 0.1) is 12.3 Å². The Morgan fingerprint density at radius 3 is 2.36 bits per heavy atom. The van der Waals surface area contributed by atoms with Gasteiger partial charge in [0.1, 0.15) is 18.3 Å². The highest BCUT2D eigenvalue weighted by Crippen LogP contribution is 2.27. The Balaban J connectivity index is 1.56. The highest BCUT2D eigenvalue weighted by Gasteiger charge is 2.15. The Kier molecular flexibility index (Phi) is 8.08. The molecular formula is C30H32N4O2. The van der Waals surface area contributed by atoms with Crippen molar-refractivity contribution in [3.63, 3.8) is 0 Å². The van der Waals surface area contributed by atoms with Gasteiger partial charge >= 0.3 is 0 Å². The number of ether oxygens (including phenoxy) is 2. The quantitative estimate of drug-likeness (QED) is 0.227. The van der Waals surface area contributed by atoms with E-state index < -0.39 is 0 Å². The van der Waals surface area contributed by atoms with E-state index >= 15 is 0 Å². The number of aromatic nitrogens is 2. The highest BCUT2D eigenvalue weighted by atomic mass is 16.5. The molecule has 0 aliphatic heterocycles. The molecule has 0 saturated carbocycles. The van der Waals surface area contributed by atoms with Crippen LogP contribution in [0.2, 0.25) is 0 Å². The fourth-order valence-electron chi connectivity index (χ4n) is 4.32. The van der Waals surface area contributed by atoms with Crippen molar-refractivity contribution in [1.82, 2.24) is 9.97 Å². The third-order valence-electron chi connectivity index (χ3n) is 6.04. The Hall–Kier alpha value is -4.03. The molecule has 1 aromatic heterocycles. The summed E-state index contributed by atoms with van der Waals surface area (Å²) in [5.41, 5.74) is 13.8. The fourth-order valence-corrected chi connectivity index (χ4v) is 4.32. The van der Waals surface area contributed by atoms with E-state index in [4.69, 9.17) is 20.6 Å². The maximum absolute atomic E-state index is 7.85. The maximum Gasteiger partial charge on any atom is 0.220 e. The number of methoxy groups -OCH3 is 1. The van der Waals surface area contributed by atoms with E-state index in [1.165, 1.54) is 5.56 Å². The molecule has 0 atom stereocenters. The van der Waals surface area contributed by atoms with Crippen LogP contribution in [0.5, 0.6) is 5.88 Å². The van der Waals surface area contributed by atoms with Gasteiger partial charge in [0.15, 0.2) is 0 Å². The number of nitrogens with two attached hydrogens (primary N) is 1. The summed E-state index contributed by atoms with van der Waals surface area (Å²) in [5.74, 6) is 1.39. The number of nitrogens with one attached hydrogen (secondary N) is 1. The SMILES string of the molecule is CCc1nc(C)nc(OCc2ccc(-c3ccccc3C(=N)N)cc2)c1Cc1cccc(COC)c1. The molecule has 0 amide bonds. The molecule has 3 N–H and O–H groups in total. The summed E-state index contributed by atoms with van der Waals surface area (Å²) in [6.07, 6.45) is 1.49. The minimum absolute atomic E-state index is 0.0594. The Morgan fingerprint density at radius 1 is 0.889 bits per heavy atom. The number of hydrogen-bond acceptors (Lipinski definition) is 5. The number of nitrogen functional groups attached to an aromatic ring is 1. The van der Waals surface area contributed by atoms with Crippen molar-refractivity contribution in [1.29, 1.82) is 5.41 Å². The van der Waals surface area contributed by atoms with Gasteiger partial charge in [-0.1, -0.05) is 79.7 Å². The van der Waals surface area contributed by atoms with Crippen LogP contribution >= 0.6 is 0 Å². The molecule has 1 heterocycles. The average molecular weight is 481 g/mol. The lowest BCUT2D eigenvalue weighted by molar-refractivity contribution is 0.185. The van der Waals surface area contributed by atoms with Gasteiger partial charge in [-0.3, -0.25) is 5.41 Å². The number of nitrogens with zero attached hydrogens (tertiary/aromatic N) is 2. The predicted molar refractivity (Wildman–Crippen MR) is 143 cm³/mol. The van der Waals surface area contributed by atoms with E-state index in [-0.39, 0.29) is 5.84 Å². The van der Waals surface area contributed by atoms with E-state index in [0.29, 0.717) is 31.3 Å². The molecule has 184 valence electrons. The standard InChI is InChI=1S/C30H32N4O2/c1-4-28-27(17-22-8-7-9-23(16-22)18-35-3)30(34-20(2)33-28)36-19-21-12-14-24(15-13-21)25-10-5-6-11-26(25)29(31)32/h5-16H,4,17-19H2,1-3H3,(H3,31,32). The molecule has 36 heavy (non-hydrogen) atoms. The maximum atomic E-state index is 7.85. The van der Waals surface area contributed by atoms with Crippen molar-refractivity contribution in [3.05, 3.63) is 112 Å². The van der Waals surface area contributed by atoms with Crippen LogP contribution in [0.15, 0.2) is 72.8 Å². The normalized spacial score (nSPS) is 10.9. The molecule has 0 fully saturated rings. The molecule has 4 aromatic rings. The lowest BCUT2D eigenvalue weighted by Gasteiger charge is -2.15. The molecule has 0 unspecified atom stereocenters. The Bertz CT molecular complexity index is 1350. The molecule has 6 nitrogen and oxygen atoms in total. The molecule has 4 rings (SSSR count). The van der Waals surface area contributed by atoms with Crippen LogP contribution in [-0.4, -0.2) is 22.9 Å². The van der Waals surface area contributed by atoms with Crippen molar-refractivity contribution in [2.45, 2.75) is 39.9 Å². The van der Waals surface area contributed by atoms with Crippen molar-refractivity contribution >= 4 is 5.84 Å². The van der Waals surface area contributed by atoms with Gasteiger partial charge in [-0.05, 0) is 41.2 Å². The number of aryl methyl sites for hydroxylation is 2. The van der Waals surface area contributed by atoms with Crippen molar-refractivity contribution in [2.24, 2.45) is 5.73 Å². The summed E-state index contributed by atoms with van der Waals surface area (Å²) in [6.45, 7) is 4.98. The van der Waals surface area contributed by atoms with E-state index in [2.05, 4.69) is 41.2 Å². The molecule has 0 aliphatic rings. The third kappa shape index (κ3) is 5.96. The van der Waals surface area contributed by atoms with Crippen molar-refractivity contribution in [3.8, 4) is 17.0 Å². The summed E-state index contributed by atoms with van der Waals surface area (Å²) in [6, 6.07) is 24.2. The van der Waals surface area contributed by atoms with E-state index in [1.807, 2.05) is 55.5 Å². The minimum Gasteiger partial charge on any atom is -0.472 e. The van der Waals surface area contributed by atoms with Crippen LogP contribution in [0.4, 0.5) is 0 Å². The summed E-state index contributed by atoms with van der Waals surface area (Å²) in [7, 11) is 1.70. The molecular weight excluding hydrogens is 448 g/mol. The summed E-state index contributed by atoms with van der Waals surface area (Å²) >= 11 is 0. The largest absolute Gasteiger partial charge is 0.472 e. The molecule has 0 bridgehead atoms. The van der Waals surface area contributed by atoms with Crippen molar-refractivity contribution in [2.75, 3.05) is 7.11 Å². The lowest BCUT2D eigenvalue weighted by Crippen LogP contribution is -2.12. The zero-order chi connectivity index (χ0) is 25.5. The number of benzene rings is 3. The predicted octanol–water partition coefficient (Wildman–Crippen LogP) is 5.61. The topological polar surface area (TPSA) is 94.1 Å². The van der Waals surface area contributed by atoms with E-state index in [9.17, 15) is 0 Å². The van der Waals surface area contributed by atoms with E-state index in [1.54, 1.807) is 7.11 Å². The van der Waals surface area contributed by atoms with Crippen LogP contribution in [0.3, 0.4) is 0 Å². The average Bonchev–Trinajstić information content (AvgIpc) is 2.89. The highest BCUT2D eigenvalue weighted by molar-refractivity contribution is 6.01. The first-order chi connectivity index (χ1) is 17.5. The van der Waals surface area contributed by atoms with Crippen molar-refractivity contribution < 1.29 is 9.47 Å². The van der Waals surface area contributed by atoms with Gasteiger partial charge < -0.3 is 15.2 Å². The second kappa shape index (κ2) is 11.6. The van der Waals surface area contributed by atoms with Crippen LogP contribution in [-0.2, 0) is 30.8 Å². The molecule has 0 spiro atoms. The first-order valence-corrected chi connectivity index (χ1v) is 12.1. The van der Waals surface area contributed by atoms with Gasteiger partial charge in [-0.15, -0.1) is 0 Å². The smallest absolute Gasteiger partial charge is 0.220 e. The molecule has 0 aliphatic carbocycles. The first-order valence-electron chi connectivity index (χ1n) is 12.1. The summed E-state index contributed by atoms with van der Waals surface area (Å²) in [4.78, 5) is 9.34. The minimum atomic E-state index is 0.0594. The van der Waals surface area contributed by atoms with Gasteiger partial charge in [0, 0.05) is 24.7 Å². The fraction of sp³-hybridized carbons (Fsp3) is 0.233. The Labute approximate surface area is 212 Å². The van der Waals surface area contributed by atoms with E-state index in [0.717, 1.165) is 45.5 Å². The van der Waals surface area contributed by atoms with Crippen LogP contribution in [0.25, 0.3) is 11.1 Å². The number of amidine groups is 1. The van der Waals surface area contributed by atoms with Gasteiger partial charge in [-0.2, -0.15) is 4.98 Å². The van der Waals surface area contributed by atoms with Crippen LogP contribution < -0.4 is 10.5 Å². The molecule has 0 saturated heterocycles. The number of hydrogen-bond donors (Lipinski definition) is 2. The second-order valence-electron chi connectivity index (χ2n) is 8.73. The molecule has 3 aromatic carbocycles. The van der Waals surface area contributed by atoms with Crippen LogP contribution in [0.1, 0.15) is 46.3 Å². The zero-order valence-corrected chi connectivity index (χ0v) is 21.0. The monoisotopic (exact) mass is 480 g/mol. The summed E-state index contributed by atoms with van der Waals surface area (Å²) < 4.78 is 11.6. The van der Waals surface area contributed by atoms with Gasteiger partial charge in [0.2, 0.25) is 5.88 Å². The Morgan fingerprint density at radius 2 is 1.64 bits per heavy atom. The third-order valence-corrected chi connectivity index (χ3v) is 6.04. The molecule has 6 heteroatoms. The first kappa shape index (κ1) is 25.1. The van der Waals surface area contributed by atoms with Gasteiger partial charge in [-0.25, -0.2) is 4.98 Å². The number of rotatable bonds is 10.